The Kier molecular flexibility index (Phi) is 3.38. The van der Waals surface area contributed by atoms with Crippen LogP contribution in [0.4, 0.5) is 4.39 Å². The van der Waals surface area contributed by atoms with Gasteiger partial charge in [0.05, 0.1) is 0 Å². The largest absolute Gasteiger partial charge is 0.310 e. The van der Waals surface area contributed by atoms with E-state index in [0.29, 0.717) is 6.04 Å². The van der Waals surface area contributed by atoms with E-state index in [1.54, 1.807) is 12.1 Å². The smallest absolute Gasteiger partial charge is 0.123 e. The molecule has 0 spiro atoms. The second kappa shape index (κ2) is 5.00. The zero-order chi connectivity index (χ0) is 12.5. The quantitative estimate of drug-likeness (QED) is 0.850. The molecular formula is C16H22FN. The highest BCUT2D eigenvalue weighted by Gasteiger charge is 2.39. The molecule has 0 saturated heterocycles. The van der Waals surface area contributed by atoms with E-state index >= 15 is 0 Å². The van der Waals surface area contributed by atoms with Gasteiger partial charge >= 0.3 is 0 Å². The summed E-state index contributed by atoms with van der Waals surface area (Å²) in [5, 5.41) is 3.62. The van der Waals surface area contributed by atoms with Gasteiger partial charge in [0, 0.05) is 6.04 Å². The fourth-order valence-electron chi connectivity index (χ4n) is 3.82. The zero-order valence-corrected chi connectivity index (χ0v) is 11.0. The molecule has 0 aromatic heterocycles. The van der Waals surface area contributed by atoms with Crippen molar-refractivity contribution in [3.05, 3.63) is 35.6 Å². The first kappa shape index (κ1) is 12.2. The first-order chi connectivity index (χ1) is 8.72. The lowest BCUT2D eigenvalue weighted by atomic mass is 9.88. The first-order valence-electron chi connectivity index (χ1n) is 7.21. The van der Waals surface area contributed by atoms with Crippen LogP contribution in [0.5, 0.6) is 0 Å². The highest BCUT2D eigenvalue weighted by atomic mass is 19.1. The van der Waals surface area contributed by atoms with Gasteiger partial charge in [-0.1, -0.05) is 18.6 Å². The molecule has 1 N–H and O–H groups in total. The van der Waals surface area contributed by atoms with Crippen LogP contribution in [0.15, 0.2) is 24.3 Å². The first-order valence-corrected chi connectivity index (χ1v) is 7.21. The second-order valence-electron chi connectivity index (χ2n) is 6.12. The van der Waals surface area contributed by atoms with Crippen LogP contribution in [0.3, 0.4) is 0 Å². The third kappa shape index (κ3) is 2.44. The minimum Gasteiger partial charge on any atom is -0.310 e. The molecule has 0 aliphatic heterocycles. The van der Waals surface area contributed by atoms with Crippen molar-refractivity contribution in [2.45, 2.75) is 38.6 Å². The molecular weight excluding hydrogens is 225 g/mol. The van der Waals surface area contributed by atoms with Gasteiger partial charge in [-0.15, -0.1) is 0 Å². The predicted octanol–water partition coefficient (Wildman–Crippen LogP) is 3.91. The molecule has 0 radical (unpaired) electrons. The number of hydrogen-bond acceptors (Lipinski definition) is 1. The summed E-state index contributed by atoms with van der Waals surface area (Å²) in [6, 6.07) is 7.18. The Morgan fingerprint density at radius 1 is 1.22 bits per heavy atom. The fraction of sp³-hybridized carbons (Fsp3) is 0.625. The summed E-state index contributed by atoms with van der Waals surface area (Å²) in [6.45, 7) is 3.29. The molecule has 2 fully saturated rings. The SMILES string of the molecule is CC(NCC1CC2CCC1C2)c1ccc(F)cc1. The summed E-state index contributed by atoms with van der Waals surface area (Å²) >= 11 is 0. The lowest BCUT2D eigenvalue weighted by Crippen LogP contribution is -2.28. The average molecular weight is 247 g/mol. The summed E-state index contributed by atoms with van der Waals surface area (Å²) in [4.78, 5) is 0. The second-order valence-corrected chi connectivity index (χ2v) is 6.12. The molecule has 2 aliphatic rings. The van der Waals surface area contributed by atoms with E-state index < -0.39 is 0 Å². The maximum atomic E-state index is 12.9. The van der Waals surface area contributed by atoms with Gasteiger partial charge in [-0.05, 0) is 68.2 Å². The lowest BCUT2D eigenvalue weighted by molar-refractivity contribution is 0.309. The molecule has 1 nitrogen and oxygen atoms in total. The Labute approximate surface area is 109 Å². The van der Waals surface area contributed by atoms with Crippen molar-refractivity contribution in [3.63, 3.8) is 0 Å². The summed E-state index contributed by atoms with van der Waals surface area (Å²) < 4.78 is 12.9. The van der Waals surface area contributed by atoms with Crippen molar-refractivity contribution >= 4 is 0 Å². The number of nitrogens with one attached hydrogen (secondary N) is 1. The van der Waals surface area contributed by atoms with Crippen LogP contribution in [-0.2, 0) is 0 Å². The van der Waals surface area contributed by atoms with Gasteiger partial charge in [0.25, 0.3) is 0 Å². The van der Waals surface area contributed by atoms with Crippen molar-refractivity contribution in [1.82, 2.24) is 5.32 Å². The van der Waals surface area contributed by atoms with Crippen LogP contribution in [0.25, 0.3) is 0 Å². The Balaban J connectivity index is 1.52. The molecule has 2 aliphatic carbocycles. The number of rotatable bonds is 4. The van der Waals surface area contributed by atoms with Crippen LogP contribution < -0.4 is 5.32 Å². The Morgan fingerprint density at radius 2 is 2.00 bits per heavy atom. The van der Waals surface area contributed by atoms with Crippen molar-refractivity contribution < 1.29 is 4.39 Å². The van der Waals surface area contributed by atoms with Crippen molar-refractivity contribution in [2.24, 2.45) is 17.8 Å². The summed E-state index contributed by atoms with van der Waals surface area (Å²) in [7, 11) is 0. The number of halogens is 1. The topological polar surface area (TPSA) is 12.0 Å². The van der Waals surface area contributed by atoms with E-state index in [-0.39, 0.29) is 5.82 Å². The highest BCUT2D eigenvalue weighted by molar-refractivity contribution is 5.19. The molecule has 1 aromatic carbocycles. The van der Waals surface area contributed by atoms with E-state index in [0.717, 1.165) is 24.3 Å². The number of fused-ring (bicyclic) bond motifs is 2. The van der Waals surface area contributed by atoms with Gasteiger partial charge in [-0.2, -0.15) is 0 Å². The molecule has 4 atom stereocenters. The zero-order valence-electron chi connectivity index (χ0n) is 11.0. The molecule has 3 rings (SSSR count). The summed E-state index contributed by atoms with van der Waals surface area (Å²) in [5.74, 6) is 2.72. The third-order valence-electron chi connectivity index (χ3n) is 4.94. The minimum atomic E-state index is -0.154. The van der Waals surface area contributed by atoms with Gasteiger partial charge in [-0.3, -0.25) is 0 Å². The Bertz CT molecular complexity index is 400. The van der Waals surface area contributed by atoms with Crippen LogP contribution in [0, 0.1) is 23.6 Å². The predicted molar refractivity (Wildman–Crippen MR) is 71.8 cm³/mol. The van der Waals surface area contributed by atoms with Gasteiger partial charge in [-0.25, -0.2) is 4.39 Å². The molecule has 2 saturated carbocycles. The van der Waals surface area contributed by atoms with E-state index in [9.17, 15) is 4.39 Å². The monoisotopic (exact) mass is 247 g/mol. The fourth-order valence-corrected chi connectivity index (χ4v) is 3.82. The van der Waals surface area contributed by atoms with Crippen LogP contribution >= 0.6 is 0 Å². The normalized spacial score (nSPS) is 31.8. The van der Waals surface area contributed by atoms with Gasteiger partial charge in [0.15, 0.2) is 0 Å². The lowest BCUT2D eigenvalue weighted by Gasteiger charge is -2.24. The molecule has 2 heteroatoms. The van der Waals surface area contributed by atoms with Crippen LogP contribution in [0.2, 0.25) is 0 Å². The van der Waals surface area contributed by atoms with E-state index in [2.05, 4.69) is 12.2 Å². The van der Waals surface area contributed by atoms with Crippen molar-refractivity contribution in [1.29, 1.82) is 0 Å². The number of hydrogen-bond donors (Lipinski definition) is 1. The molecule has 98 valence electrons. The van der Waals surface area contributed by atoms with Gasteiger partial charge in [0.1, 0.15) is 5.82 Å². The van der Waals surface area contributed by atoms with Gasteiger partial charge < -0.3 is 5.32 Å². The van der Waals surface area contributed by atoms with Crippen molar-refractivity contribution in [2.75, 3.05) is 6.54 Å². The minimum absolute atomic E-state index is 0.154. The Morgan fingerprint density at radius 3 is 2.61 bits per heavy atom. The third-order valence-corrected chi connectivity index (χ3v) is 4.94. The van der Waals surface area contributed by atoms with E-state index in [1.807, 2.05) is 12.1 Å². The molecule has 0 heterocycles. The summed E-state index contributed by atoms with van der Waals surface area (Å²) in [5.41, 5.74) is 1.18. The molecule has 4 unspecified atom stereocenters. The van der Waals surface area contributed by atoms with E-state index in [1.165, 1.54) is 31.2 Å². The molecule has 0 amide bonds. The molecule has 2 bridgehead atoms. The Hall–Kier alpha value is -0.890. The number of benzene rings is 1. The standard InChI is InChI=1S/C16H22FN/c1-11(13-4-6-16(17)7-5-13)18-10-15-9-12-2-3-14(15)8-12/h4-7,11-12,14-15,18H,2-3,8-10H2,1H3. The van der Waals surface area contributed by atoms with Crippen LogP contribution in [-0.4, -0.2) is 6.54 Å². The average Bonchev–Trinajstić information content (AvgIpc) is 2.99. The maximum absolute atomic E-state index is 12.9. The molecule has 1 aromatic rings. The van der Waals surface area contributed by atoms with Crippen LogP contribution in [0.1, 0.15) is 44.2 Å². The molecule has 18 heavy (non-hydrogen) atoms. The van der Waals surface area contributed by atoms with E-state index in [4.69, 9.17) is 0 Å². The maximum Gasteiger partial charge on any atom is 0.123 e. The highest BCUT2D eigenvalue weighted by Crippen LogP contribution is 2.48. The van der Waals surface area contributed by atoms with Gasteiger partial charge in [0.2, 0.25) is 0 Å². The van der Waals surface area contributed by atoms with Crippen molar-refractivity contribution in [3.8, 4) is 0 Å². The summed E-state index contributed by atoms with van der Waals surface area (Å²) in [6.07, 6.45) is 5.81.